The van der Waals surface area contributed by atoms with E-state index in [2.05, 4.69) is 9.97 Å². The number of carboxylic acids is 1. The first-order valence-electron chi connectivity index (χ1n) is 6.58. The van der Waals surface area contributed by atoms with E-state index in [4.69, 9.17) is 0 Å². The van der Waals surface area contributed by atoms with E-state index in [1.165, 1.54) is 4.57 Å². The van der Waals surface area contributed by atoms with Crippen LogP contribution in [0.25, 0.3) is 5.69 Å². The third-order valence-corrected chi connectivity index (χ3v) is 3.49. The molecule has 0 bridgehead atoms. The summed E-state index contributed by atoms with van der Waals surface area (Å²) in [6.07, 6.45) is 3.25. The monoisotopic (exact) mass is 287 g/mol. The van der Waals surface area contributed by atoms with Crippen LogP contribution in [0.1, 0.15) is 35.4 Å². The molecule has 1 atom stereocenters. The fourth-order valence-corrected chi connectivity index (χ4v) is 2.49. The smallest absolute Gasteiger partial charge is 0.352 e. The molecular formula is C15H17N3O3. The molecule has 0 spiro atoms. The molecule has 0 radical (unpaired) electrons. The van der Waals surface area contributed by atoms with E-state index in [1.54, 1.807) is 33.2 Å². The highest BCUT2D eigenvalue weighted by Gasteiger charge is 2.22. The summed E-state index contributed by atoms with van der Waals surface area (Å²) in [4.78, 5) is 31.5. The van der Waals surface area contributed by atoms with Crippen molar-refractivity contribution in [3.8, 4) is 5.69 Å². The van der Waals surface area contributed by atoms with Gasteiger partial charge in [0.25, 0.3) is 0 Å². The van der Waals surface area contributed by atoms with Crippen molar-refractivity contribution in [3.63, 3.8) is 0 Å². The average molecular weight is 287 g/mol. The number of carboxylic acid groups (broad SMARTS) is 1. The van der Waals surface area contributed by atoms with E-state index in [0.717, 1.165) is 5.56 Å². The third-order valence-electron chi connectivity index (χ3n) is 3.49. The van der Waals surface area contributed by atoms with Gasteiger partial charge in [-0.2, -0.15) is 4.98 Å². The first-order chi connectivity index (χ1) is 9.82. The Hall–Kier alpha value is -2.50. The molecule has 2 aromatic heterocycles. The van der Waals surface area contributed by atoms with Gasteiger partial charge < -0.3 is 5.11 Å². The predicted octanol–water partition coefficient (Wildman–Crippen LogP) is 1.74. The van der Waals surface area contributed by atoms with Gasteiger partial charge in [0, 0.05) is 23.1 Å². The molecule has 2 aromatic rings. The summed E-state index contributed by atoms with van der Waals surface area (Å²) in [5, 5.41) is 9.23. The van der Waals surface area contributed by atoms with Crippen molar-refractivity contribution in [1.82, 2.24) is 14.5 Å². The van der Waals surface area contributed by atoms with Gasteiger partial charge in [-0.3, -0.25) is 14.3 Å². The average Bonchev–Trinajstić information content (AvgIpc) is 2.37. The first kappa shape index (κ1) is 14.9. The minimum atomic E-state index is -0.949. The van der Waals surface area contributed by atoms with Gasteiger partial charge in [-0.1, -0.05) is 0 Å². The molecule has 2 heterocycles. The Morgan fingerprint density at radius 1 is 1.29 bits per heavy atom. The molecule has 6 heteroatoms. The summed E-state index contributed by atoms with van der Waals surface area (Å²) >= 11 is 0. The van der Waals surface area contributed by atoms with Gasteiger partial charge in [-0.15, -0.1) is 0 Å². The van der Waals surface area contributed by atoms with Gasteiger partial charge in [-0.05, 0) is 39.3 Å². The molecule has 0 aliphatic carbocycles. The molecule has 21 heavy (non-hydrogen) atoms. The molecule has 0 saturated carbocycles. The van der Waals surface area contributed by atoms with Crippen LogP contribution in [-0.4, -0.2) is 25.6 Å². The SMILES string of the molecule is Cc1cncc(-n2c(C)c(C(C)C(=O)O)c(C)nc2=O)c1. The zero-order chi connectivity index (χ0) is 15.7. The van der Waals surface area contributed by atoms with Gasteiger partial charge in [0.15, 0.2) is 0 Å². The largest absolute Gasteiger partial charge is 0.481 e. The number of rotatable bonds is 3. The summed E-state index contributed by atoms with van der Waals surface area (Å²) < 4.78 is 1.40. The molecule has 0 aliphatic rings. The van der Waals surface area contributed by atoms with E-state index < -0.39 is 17.6 Å². The van der Waals surface area contributed by atoms with E-state index in [0.29, 0.717) is 22.6 Å². The van der Waals surface area contributed by atoms with Crippen LogP contribution < -0.4 is 5.69 Å². The Kier molecular flexibility index (Phi) is 3.88. The van der Waals surface area contributed by atoms with E-state index in [-0.39, 0.29) is 0 Å². The molecule has 1 N–H and O–H groups in total. The summed E-state index contributed by atoms with van der Waals surface area (Å²) in [7, 11) is 0. The minimum Gasteiger partial charge on any atom is -0.481 e. The molecule has 1 unspecified atom stereocenters. The Morgan fingerprint density at radius 3 is 2.52 bits per heavy atom. The van der Waals surface area contributed by atoms with Crippen molar-refractivity contribution < 1.29 is 9.90 Å². The van der Waals surface area contributed by atoms with E-state index in [9.17, 15) is 14.7 Å². The number of aliphatic carboxylic acids is 1. The molecule has 0 aromatic carbocycles. The van der Waals surface area contributed by atoms with E-state index >= 15 is 0 Å². The summed E-state index contributed by atoms with van der Waals surface area (Å²) in [5.74, 6) is -1.68. The molecule has 6 nitrogen and oxygen atoms in total. The van der Waals surface area contributed by atoms with Crippen LogP contribution in [0, 0.1) is 20.8 Å². The van der Waals surface area contributed by atoms with Crippen LogP contribution in [0.3, 0.4) is 0 Å². The van der Waals surface area contributed by atoms with Crippen LogP contribution in [-0.2, 0) is 4.79 Å². The quantitative estimate of drug-likeness (QED) is 0.929. The lowest BCUT2D eigenvalue weighted by Crippen LogP contribution is -2.28. The van der Waals surface area contributed by atoms with Crippen molar-refractivity contribution in [1.29, 1.82) is 0 Å². The van der Waals surface area contributed by atoms with Crippen molar-refractivity contribution in [3.05, 3.63) is 51.5 Å². The third kappa shape index (κ3) is 2.69. The molecule has 0 aliphatic heterocycles. The number of carbonyl (C=O) groups is 1. The summed E-state index contributed by atoms with van der Waals surface area (Å²) in [5.41, 5.74) is 2.65. The van der Waals surface area contributed by atoms with Crippen molar-refractivity contribution in [2.75, 3.05) is 0 Å². The highest BCUT2D eigenvalue weighted by atomic mass is 16.4. The molecule has 2 rings (SSSR count). The zero-order valence-electron chi connectivity index (χ0n) is 12.4. The Labute approximate surface area is 122 Å². The van der Waals surface area contributed by atoms with Crippen LogP contribution >= 0.6 is 0 Å². The number of hydrogen-bond acceptors (Lipinski definition) is 4. The van der Waals surface area contributed by atoms with Gasteiger partial charge in [0.05, 0.1) is 17.8 Å². The molecule has 0 fully saturated rings. The maximum absolute atomic E-state index is 12.2. The van der Waals surface area contributed by atoms with Gasteiger partial charge in [0.1, 0.15) is 0 Å². The standard InChI is InChI=1S/C15H17N3O3/c1-8-5-12(7-16-6-8)18-11(4)13(9(2)14(19)20)10(3)17-15(18)21/h5-7,9H,1-4H3,(H,19,20). The van der Waals surface area contributed by atoms with Gasteiger partial charge in [-0.25, -0.2) is 4.79 Å². The normalized spacial score (nSPS) is 12.2. The lowest BCUT2D eigenvalue weighted by molar-refractivity contribution is -0.138. The fourth-order valence-electron chi connectivity index (χ4n) is 2.49. The number of nitrogens with zero attached hydrogens (tertiary/aromatic N) is 3. The molecule has 0 saturated heterocycles. The second kappa shape index (κ2) is 5.47. The minimum absolute atomic E-state index is 0.432. The van der Waals surface area contributed by atoms with Crippen molar-refractivity contribution in [2.24, 2.45) is 0 Å². The van der Waals surface area contributed by atoms with Gasteiger partial charge >= 0.3 is 11.7 Å². The van der Waals surface area contributed by atoms with Gasteiger partial charge in [0.2, 0.25) is 0 Å². The fraction of sp³-hybridized carbons (Fsp3) is 0.333. The maximum atomic E-state index is 12.2. The maximum Gasteiger partial charge on any atom is 0.352 e. The lowest BCUT2D eigenvalue weighted by Gasteiger charge is -2.18. The Morgan fingerprint density at radius 2 is 1.95 bits per heavy atom. The van der Waals surface area contributed by atoms with Crippen LogP contribution in [0.2, 0.25) is 0 Å². The number of pyridine rings is 1. The topological polar surface area (TPSA) is 85.1 Å². The highest BCUT2D eigenvalue weighted by Crippen LogP contribution is 2.23. The highest BCUT2D eigenvalue weighted by molar-refractivity contribution is 5.76. The van der Waals surface area contributed by atoms with Crippen LogP contribution in [0.15, 0.2) is 23.3 Å². The molecular weight excluding hydrogens is 270 g/mol. The number of hydrogen-bond donors (Lipinski definition) is 1. The van der Waals surface area contributed by atoms with Crippen molar-refractivity contribution >= 4 is 5.97 Å². The van der Waals surface area contributed by atoms with Crippen molar-refractivity contribution in [2.45, 2.75) is 33.6 Å². The predicted molar refractivity (Wildman–Crippen MR) is 77.9 cm³/mol. The van der Waals surface area contributed by atoms with Crippen LogP contribution in [0.5, 0.6) is 0 Å². The first-order valence-corrected chi connectivity index (χ1v) is 6.58. The van der Waals surface area contributed by atoms with Crippen LogP contribution in [0.4, 0.5) is 0 Å². The number of aryl methyl sites for hydroxylation is 2. The Bertz CT molecular complexity index is 765. The molecule has 110 valence electrons. The second-order valence-electron chi connectivity index (χ2n) is 5.09. The zero-order valence-corrected chi connectivity index (χ0v) is 12.4. The Balaban J connectivity index is 2.76. The summed E-state index contributed by atoms with van der Waals surface area (Å²) in [6.45, 7) is 6.84. The molecule has 0 amide bonds. The number of aromatic nitrogens is 3. The second-order valence-corrected chi connectivity index (χ2v) is 5.09. The van der Waals surface area contributed by atoms with E-state index in [1.807, 2.05) is 13.0 Å². The lowest BCUT2D eigenvalue weighted by atomic mass is 9.98. The summed E-state index contributed by atoms with van der Waals surface area (Å²) in [6, 6.07) is 1.81.